The molecular formula is C30H32FNO5S. The molecule has 0 aromatic heterocycles. The average Bonchev–Trinajstić information content (AvgIpc) is 3.17. The molecule has 0 saturated carbocycles. The van der Waals surface area contributed by atoms with Crippen molar-refractivity contribution in [3.63, 3.8) is 0 Å². The number of thioether (sulfide) groups is 1. The van der Waals surface area contributed by atoms with E-state index in [4.69, 9.17) is 14.2 Å². The van der Waals surface area contributed by atoms with Gasteiger partial charge in [-0.2, -0.15) is 0 Å². The Bertz CT molecular complexity index is 1280. The van der Waals surface area contributed by atoms with Crippen LogP contribution in [0.5, 0.6) is 23.0 Å². The molecule has 1 aliphatic rings. The van der Waals surface area contributed by atoms with Gasteiger partial charge in [0, 0.05) is 12.0 Å². The second kappa shape index (κ2) is 12.3. The highest BCUT2D eigenvalue weighted by Crippen LogP contribution is 2.43. The number of hydrogen-bond acceptors (Lipinski definition) is 6. The van der Waals surface area contributed by atoms with Crippen LogP contribution < -0.4 is 19.5 Å². The quantitative estimate of drug-likeness (QED) is 0.241. The van der Waals surface area contributed by atoms with Crippen LogP contribution in [-0.4, -0.2) is 24.4 Å². The number of imide groups is 1. The summed E-state index contributed by atoms with van der Waals surface area (Å²) in [6.45, 7) is 7.23. The van der Waals surface area contributed by atoms with Crippen molar-refractivity contribution in [1.82, 2.24) is 5.32 Å². The SMILES string of the molecule is CCCc1cc(Oc2ccc(C(C)C)cc2)ccc1OCCCOc1cccc(C2(F)SC(=O)NC2=O)c1. The number of carbonyl (C=O) groups excluding carboxylic acids is 2. The zero-order valence-electron chi connectivity index (χ0n) is 21.8. The summed E-state index contributed by atoms with van der Waals surface area (Å²) in [5.74, 6) is 2.29. The Morgan fingerprint density at radius 1 is 0.921 bits per heavy atom. The number of amides is 2. The summed E-state index contributed by atoms with van der Waals surface area (Å²) in [5.41, 5.74) is 2.42. The number of alkyl halides is 1. The molecule has 6 nitrogen and oxygen atoms in total. The number of carbonyl (C=O) groups is 2. The maximum absolute atomic E-state index is 15.0. The fourth-order valence-electron chi connectivity index (χ4n) is 4.06. The normalized spacial score (nSPS) is 17.0. The third-order valence-electron chi connectivity index (χ3n) is 6.10. The van der Waals surface area contributed by atoms with Gasteiger partial charge in [-0.15, -0.1) is 0 Å². The van der Waals surface area contributed by atoms with Crippen LogP contribution in [0, 0.1) is 0 Å². The van der Waals surface area contributed by atoms with Gasteiger partial charge in [0.15, 0.2) is 0 Å². The highest BCUT2D eigenvalue weighted by atomic mass is 32.2. The van der Waals surface area contributed by atoms with Gasteiger partial charge in [-0.3, -0.25) is 14.9 Å². The van der Waals surface area contributed by atoms with Crippen LogP contribution in [-0.2, 0) is 16.2 Å². The molecule has 1 saturated heterocycles. The highest BCUT2D eigenvalue weighted by molar-refractivity contribution is 8.15. The molecule has 3 aromatic rings. The first-order valence-electron chi connectivity index (χ1n) is 12.8. The van der Waals surface area contributed by atoms with E-state index in [0.717, 1.165) is 35.7 Å². The van der Waals surface area contributed by atoms with E-state index < -0.39 is 16.1 Å². The topological polar surface area (TPSA) is 73.9 Å². The molecule has 2 amide bonds. The molecule has 4 rings (SSSR count). The smallest absolute Gasteiger partial charge is 0.289 e. The first kappa shape index (κ1) is 27.5. The van der Waals surface area contributed by atoms with E-state index in [-0.39, 0.29) is 5.56 Å². The number of hydrogen-bond donors (Lipinski definition) is 1. The summed E-state index contributed by atoms with van der Waals surface area (Å²) in [4.78, 5) is 23.3. The van der Waals surface area contributed by atoms with Gasteiger partial charge >= 0.3 is 0 Å². The van der Waals surface area contributed by atoms with Crippen LogP contribution in [0.4, 0.5) is 9.18 Å². The summed E-state index contributed by atoms with van der Waals surface area (Å²) in [7, 11) is 0. The van der Waals surface area contributed by atoms with Gasteiger partial charge in [0.25, 0.3) is 16.1 Å². The predicted molar refractivity (Wildman–Crippen MR) is 147 cm³/mol. The molecule has 1 N–H and O–H groups in total. The fourth-order valence-corrected chi connectivity index (χ4v) is 4.85. The van der Waals surface area contributed by atoms with Gasteiger partial charge in [0.05, 0.1) is 13.2 Å². The maximum Gasteiger partial charge on any atom is 0.289 e. The Morgan fingerprint density at radius 3 is 2.34 bits per heavy atom. The van der Waals surface area contributed by atoms with E-state index in [2.05, 4.69) is 32.9 Å². The molecule has 3 aromatic carbocycles. The molecule has 1 aliphatic heterocycles. The molecule has 0 radical (unpaired) electrons. The van der Waals surface area contributed by atoms with Crippen LogP contribution in [0.3, 0.4) is 0 Å². The summed E-state index contributed by atoms with van der Waals surface area (Å²) in [6, 6.07) is 20.2. The first-order valence-corrected chi connectivity index (χ1v) is 13.6. The molecule has 0 bridgehead atoms. The lowest BCUT2D eigenvalue weighted by Gasteiger charge is -2.16. The van der Waals surface area contributed by atoms with E-state index in [0.29, 0.717) is 43.1 Å². The van der Waals surface area contributed by atoms with Crippen molar-refractivity contribution in [3.05, 3.63) is 83.4 Å². The van der Waals surface area contributed by atoms with Crippen molar-refractivity contribution >= 4 is 22.9 Å². The Balaban J connectivity index is 1.30. The summed E-state index contributed by atoms with van der Waals surface area (Å²) < 4.78 is 32.9. The van der Waals surface area contributed by atoms with Crippen LogP contribution in [0.1, 0.15) is 56.2 Å². The van der Waals surface area contributed by atoms with Crippen molar-refractivity contribution in [2.75, 3.05) is 13.2 Å². The van der Waals surface area contributed by atoms with Crippen molar-refractivity contribution < 1.29 is 28.2 Å². The lowest BCUT2D eigenvalue weighted by Crippen LogP contribution is -2.30. The van der Waals surface area contributed by atoms with E-state index in [9.17, 15) is 9.59 Å². The highest BCUT2D eigenvalue weighted by Gasteiger charge is 2.50. The Hall–Kier alpha value is -3.52. The van der Waals surface area contributed by atoms with E-state index in [1.165, 1.54) is 17.7 Å². The van der Waals surface area contributed by atoms with Gasteiger partial charge < -0.3 is 14.2 Å². The van der Waals surface area contributed by atoms with Gasteiger partial charge in [0.1, 0.15) is 23.0 Å². The second-order valence-corrected chi connectivity index (χ2v) is 10.5. The average molecular weight is 538 g/mol. The lowest BCUT2D eigenvalue weighted by atomic mass is 10.0. The monoisotopic (exact) mass is 537 g/mol. The van der Waals surface area contributed by atoms with Gasteiger partial charge in [-0.05, 0) is 77.7 Å². The van der Waals surface area contributed by atoms with Crippen molar-refractivity contribution in [1.29, 1.82) is 0 Å². The minimum Gasteiger partial charge on any atom is -0.493 e. The van der Waals surface area contributed by atoms with Gasteiger partial charge in [-0.25, -0.2) is 4.39 Å². The molecule has 38 heavy (non-hydrogen) atoms. The predicted octanol–water partition coefficient (Wildman–Crippen LogP) is 7.51. The minimum absolute atomic E-state index is 0.0713. The van der Waals surface area contributed by atoms with Crippen molar-refractivity contribution in [2.45, 2.75) is 51.0 Å². The second-order valence-electron chi connectivity index (χ2n) is 9.36. The summed E-state index contributed by atoms with van der Waals surface area (Å²) >= 11 is 0.325. The first-order chi connectivity index (χ1) is 18.3. The largest absolute Gasteiger partial charge is 0.493 e. The molecule has 8 heteroatoms. The molecule has 0 spiro atoms. The number of aryl methyl sites for hydroxylation is 1. The number of benzene rings is 3. The van der Waals surface area contributed by atoms with E-state index in [1.807, 2.05) is 35.6 Å². The van der Waals surface area contributed by atoms with Crippen LogP contribution >= 0.6 is 11.8 Å². The van der Waals surface area contributed by atoms with E-state index in [1.54, 1.807) is 12.1 Å². The fraction of sp³-hybridized carbons (Fsp3) is 0.333. The van der Waals surface area contributed by atoms with Crippen LogP contribution in [0.15, 0.2) is 66.7 Å². The molecule has 1 heterocycles. The van der Waals surface area contributed by atoms with Crippen molar-refractivity contribution in [3.8, 4) is 23.0 Å². The Morgan fingerprint density at radius 2 is 1.66 bits per heavy atom. The van der Waals surface area contributed by atoms with Gasteiger partial charge in [-0.1, -0.05) is 51.5 Å². The van der Waals surface area contributed by atoms with Crippen LogP contribution in [0.25, 0.3) is 0 Å². The zero-order valence-corrected chi connectivity index (χ0v) is 22.6. The summed E-state index contributed by atoms with van der Waals surface area (Å²) in [6.07, 6.45) is 2.44. The molecule has 200 valence electrons. The molecule has 0 aliphatic carbocycles. The third kappa shape index (κ3) is 6.67. The third-order valence-corrected chi connectivity index (χ3v) is 7.08. The lowest BCUT2D eigenvalue weighted by molar-refractivity contribution is -0.126. The molecule has 1 atom stereocenters. The molecule has 1 fully saturated rings. The maximum atomic E-state index is 15.0. The Kier molecular flexibility index (Phi) is 8.94. The zero-order chi connectivity index (χ0) is 27.1. The van der Waals surface area contributed by atoms with Crippen LogP contribution in [0.2, 0.25) is 0 Å². The number of rotatable bonds is 12. The number of halogens is 1. The molecular weight excluding hydrogens is 505 g/mol. The molecule has 1 unspecified atom stereocenters. The standard InChI is InChI=1S/C30H32FNO5S/c1-4-7-22-18-26(37-24-12-10-21(11-13-24)20(2)3)14-15-27(22)36-17-6-16-35-25-9-5-8-23(19-25)30(31)28(33)32-29(34)38-30/h5,8-15,18-20H,4,6-7,16-17H2,1-3H3,(H,32,33,34). The van der Waals surface area contributed by atoms with Crippen molar-refractivity contribution in [2.24, 2.45) is 0 Å². The van der Waals surface area contributed by atoms with Gasteiger partial charge in [0.2, 0.25) is 0 Å². The van der Waals surface area contributed by atoms with E-state index >= 15 is 4.39 Å². The minimum atomic E-state index is -2.44. The summed E-state index contributed by atoms with van der Waals surface area (Å²) in [5, 5.41) is -1.17. The Labute approximate surface area is 226 Å². The number of nitrogens with one attached hydrogen (secondary N) is 1. The number of ether oxygens (including phenoxy) is 3.